The molecule has 0 aliphatic carbocycles. The maximum absolute atomic E-state index is 12.6. The van der Waals surface area contributed by atoms with Crippen LogP contribution in [0.25, 0.3) is 10.8 Å². The molecule has 2 aromatic carbocycles. The quantitative estimate of drug-likeness (QED) is 0.758. The Kier molecular flexibility index (Phi) is 4.55. The van der Waals surface area contributed by atoms with Gasteiger partial charge < -0.3 is 0 Å². The van der Waals surface area contributed by atoms with Gasteiger partial charge in [0, 0.05) is 39.8 Å². The van der Waals surface area contributed by atoms with Crippen LogP contribution in [-0.4, -0.2) is 13.4 Å². The lowest BCUT2D eigenvalue weighted by Crippen LogP contribution is -2.23. The number of sulfonamides is 1. The number of hydrogen-bond donors (Lipinski definition) is 1. The highest BCUT2D eigenvalue weighted by Crippen LogP contribution is 2.24. The van der Waals surface area contributed by atoms with Gasteiger partial charge in [-0.1, -0.05) is 41.4 Å². The smallest absolute Gasteiger partial charge is 0.241 e. The summed E-state index contributed by atoms with van der Waals surface area (Å²) in [7, 11) is -3.68. The van der Waals surface area contributed by atoms with E-state index in [1.165, 1.54) is 0 Å². The van der Waals surface area contributed by atoms with Crippen molar-refractivity contribution in [3.63, 3.8) is 0 Å². The topological polar surface area (TPSA) is 59.1 Å². The Labute approximate surface area is 144 Å². The van der Waals surface area contributed by atoms with Gasteiger partial charge in [-0.15, -0.1) is 0 Å². The number of pyridine rings is 1. The Hall–Kier alpha value is -1.66. The second-order valence-electron chi connectivity index (χ2n) is 4.91. The van der Waals surface area contributed by atoms with Crippen LogP contribution < -0.4 is 4.72 Å². The van der Waals surface area contributed by atoms with Gasteiger partial charge in [-0.3, -0.25) is 4.98 Å². The van der Waals surface area contributed by atoms with Crippen LogP contribution in [0.5, 0.6) is 0 Å². The lowest BCUT2D eigenvalue weighted by atomic mass is 10.2. The molecule has 0 amide bonds. The van der Waals surface area contributed by atoms with Crippen molar-refractivity contribution < 1.29 is 8.42 Å². The van der Waals surface area contributed by atoms with Gasteiger partial charge in [-0.05, 0) is 29.8 Å². The summed E-state index contributed by atoms with van der Waals surface area (Å²) in [4.78, 5) is 4.21. The van der Waals surface area contributed by atoms with Crippen LogP contribution >= 0.6 is 23.2 Å². The first-order valence-corrected chi connectivity index (χ1v) is 8.97. The predicted octanol–water partition coefficient (Wildman–Crippen LogP) is 4.02. The molecule has 0 spiro atoms. The molecule has 0 aliphatic heterocycles. The van der Waals surface area contributed by atoms with Gasteiger partial charge in [0.25, 0.3) is 0 Å². The Morgan fingerprint density at radius 3 is 2.70 bits per heavy atom. The first-order valence-electron chi connectivity index (χ1n) is 6.74. The van der Waals surface area contributed by atoms with E-state index in [-0.39, 0.29) is 11.4 Å². The molecule has 118 valence electrons. The molecule has 23 heavy (non-hydrogen) atoms. The number of nitrogens with one attached hydrogen (secondary N) is 1. The molecule has 7 heteroatoms. The molecule has 4 nitrogen and oxygen atoms in total. The molecule has 3 aromatic rings. The summed E-state index contributed by atoms with van der Waals surface area (Å²) < 4.78 is 27.8. The second kappa shape index (κ2) is 6.45. The van der Waals surface area contributed by atoms with E-state index >= 15 is 0 Å². The van der Waals surface area contributed by atoms with Gasteiger partial charge in [-0.2, -0.15) is 0 Å². The molecule has 1 N–H and O–H groups in total. The Morgan fingerprint density at radius 1 is 1.09 bits per heavy atom. The Morgan fingerprint density at radius 2 is 1.91 bits per heavy atom. The van der Waals surface area contributed by atoms with E-state index in [4.69, 9.17) is 23.2 Å². The van der Waals surface area contributed by atoms with Crippen molar-refractivity contribution in [2.45, 2.75) is 11.4 Å². The van der Waals surface area contributed by atoms with E-state index in [9.17, 15) is 8.42 Å². The van der Waals surface area contributed by atoms with Crippen molar-refractivity contribution in [1.29, 1.82) is 0 Å². The zero-order valence-electron chi connectivity index (χ0n) is 11.8. The Bertz CT molecular complexity index is 969. The molecular weight excluding hydrogens is 355 g/mol. The number of aromatic nitrogens is 1. The van der Waals surface area contributed by atoms with Crippen LogP contribution in [0.1, 0.15) is 5.56 Å². The summed E-state index contributed by atoms with van der Waals surface area (Å²) in [5.74, 6) is 0. The third kappa shape index (κ3) is 3.48. The van der Waals surface area contributed by atoms with Crippen LogP contribution in [0.3, 0.4) is 0 Å². The lowest BCUT2D eigenvalue weighted by molar-refractivity contribution is 0.582. The van der Waals surface area contributed by atoms with Crippen molar-refractivity contribution in [2.24, 2.45) is 0 Å². The standard InChI is InChI=1S/C16H12Cl2N2O2S/c17-13-5-4-12(15(18)8-13)10-20-23(21,22)16-3-1-2-11-9-19-7-6-14(11)16/h1-9,20H,10H2. The molecular formula is C16H12Cl2N2O2S. The number of halogens is 2. The maximum atomic E-state index is 12.6. The van der Waals surface area contributed by atoms with E-state index in [0.717, 1.165) is 5.39 Å². The molecule has 1 heterocycles. The van der Waals surface area contributed by atoms with E-state index in [2.05, 4.69) is 9.71 Å². The highest BCUT2D eigenvalue weighted by atomic mass is 35.5. The normalized spacial score (nSPS) is 11.7. The fraction of sp³-hybridized carbons (Fsp3) is 0.0625. The van der Waals surface area contributed by atoms with E-state index in [0.29, 0.717) is 21.0 Å². The first kappa shape index (κ1) is 16.2. The number of hydrogen-bond acceptors (Lipinski definition) is 3. The van der Waals surface area contributed by atoms with Crippen molar-refractivity contribution in [1.82, 2.24) is 9.71 Å². The molecule has 0 radical (unpaired) electrons. The van der Waals surface area contributed by atoms with E-state index < -0.39 is 10.0 Å². The molecule has 3 rings (SSSR count). The highest BCUT2D eigenvalue weighted by Gasteiger charge is 2.17. The molecule has 0 bridgehead atoms. The van der Waals surface area contributed by atoms with Crippen LogP contribution in [0.2, 0.25) is 10.0 Å². The summed E-state index contributed by atoms with van der Waals surface area (Å²) in [5.41, 5.74) is 0.654. The summed E-state index contributed by atoms with van der Waals surface area (Å²) in [6, 6.07) is 11.7. The number of rotatable bonds is 4. The average molecular weight is 367 g/mol. The summed E-state index contributed by atoms with van der Waals surface area (Å²) in [5, 5.41) is 2.31. The van der Waals surface area contributed by atoms with E-state index in [1.807, 2.05) is 6.07 Å². The van der Waals surface area contributed by atoms with Crippen LogP contribution in [0.4, 0.5) is 0 Å². The number of benzene rings is 2. The molecule has 0 fully saturated rings. The minimum absolute atomic E-state index is 0.0831. The second-order valence-corrected chi connectivity index (χ2v) is 7.49. The van der Waals surface area contributed by atoms with Crippen LogP contribution in [0.15, 0.2) is 59.8 Å². The summed E-state index contributed by atoms with van der Waals surface area (Å²) in [6.07, 6.45) is 3.20. The van der Waals surface area contributed by atoms with Crippen molar-refractivity contribution in [3.8, 4) is 0 Å². The lowest BCUT2D eigenvalue weighted by Gasteiger charge is -2.10. The van der Waals surface area contributed by atoms with Crippen LogP contribution in [0, 0.1) is 0 Å². The van der Waals surface area contributed by atoms with Crippen molar-refractivity contribution >= 4 is 44.0 Å². The van der Waals surface area contributed by atoms with Gasteiger partial charge in [-0.25, -0.2) is 13.1 Å². The summed E-state index contributed by atoms with van der Waals surface area (Å²) >= 11 is 11.9. The zero-order valence-corrected chi connectivity index (χ0v) is 14.2. The minimum atomic E-state index is -3.68. The fourth-order valence-electron chi connectivity index (χ4n) is 2.24. The number of fused-ring (bicyclic) bond motifs is 1. The van der Waals surface area contributed by atoms with Gasteiger partial charge in [0.05, 0.1) is 4.90 Å². The van der Waals surface area contributed by atoms with E-state index in [1.54, 1.807) is 48.8 Å². The molecule has 0 atom stereocenters. The number of nitrogens with zero attached hydrogens (tertiary/aromatic N) is 1. The predicted molar refractivity (Wildman–Crippen MR) is 92.2 cm³/mol. The largest absolute Gasteiger partial charge is 0.264 e. The maximum Gasteiger partial charge on any atom is 0.241 e. The third-order valence-corrected chi connectivity index (χ3v) is 5.44. The molecule has 1 aromatic heterocycles. The van der Waals surface area contributed by atoms with Crippen molar-refractivity contribution in [2.75, 3.05) is 0 Å². The van der Waals surface area contributed by atoms with Gasteiger partial charge in [0.2, 0.25) is 10.0 Å². The SMILES string of the molecule is O=S(=O)(NCc1ccc(Cl)cc1Cl)c1cccc2cnccc12. The third-order valence-electron chi connectivity index (χ3n) is 3.40. The van der Waals surface area contributed by atoms with Gasteiger partial charge in [0.1, 0.15) is 0 Å². The fourth-order valence-corrected chi connectivity index (χ4v) is 3.95. The van der Waals surface area contributed by atoms with Crippen molar-refractivity contribution in [3.05, 3.63) is 70.5 Å². The van der Waals surface area contributed by atoms with Gasteiger partial charge >= 0.3 is 0 Å². The molecule has 0 saturated heterocycles. The van der Waals surface area contributed by atoms with Crippen LogP contribution in [-0.2, 0) is 16.6 Å². The monoisotopic (exact) mass is 366 g/mol. The summed E-state index contributed by atoms with van der Waals surface area (Å²) in [6.45, 7) is 0.0831. The molecule has 0 aliphatic rings. The van der Waals surface area contributed by atoms with Gasteiger partial charge in [0.15, 0.2) is 0 Å². The Balaban J connectivity index is 1.92. The molecule has 0 unspecified atom stereocenters. The highest BCUT2D eigenvalue weighted by molar-refractivity contribution is 7.89. The first-order chi connectivity index (χ1) is 11.0. The molecule has 0 saturated carbocycles. The minimum Gasteiger partial charge on any atom is -0.264 e. The zero-order chi connectivity index (χ0) is 16.4. The average Bonchev–Trinajstić information content (AvgIpc) is 2.53.